The number of aromatic nitrogens is 2. The Morgan fingerprint density at radius 3 is 2.25 bits per heavy atom. The molecule has 0 atom stereocenters. The molecule has 9 heteroatoms. The van der Waals surface area contributed by atoms with Crippen molar-refractivity contribution < 1.29 is 19.2 Å². The van der Waals surface area contributed by atoms with Crippen LogP contribution in [0.5, 0.6) is 11.5 Å². The third-order valence-corrected chi connectivity index (χ3v) is 4.02. The Bertz CT molecular complexity index is 1040. The van der Waals surface area contributed by atoms with Gasteiger partial charge in [0.25, 0.3) is 0 Å². The van der Waals surface area contributed by atoms with Gasteiger partial charge in [-0.1, -0.05) is 18.2 Å². The van der Waals surface area contributed by atoms with Gasteiger partial charge in [0.1, 0.15) is 11.3 Å². The van der Waals surface area contributed by atoms with Crippen LogP contribution in [0, 0.1) is 17.0 Å². The number of rotatable bonds is 4. The van der Waals surface area contributed by atoms with Crippen molar-refractivity contribution in [3.8, 4) is 11.5 Å². The molecule has 8 nitrogen and oxygen atoms in total. The molecule has 0 aliphatic carbocycles. The number of benzene rings is 2. The van der Waals surface area contributed by atoms with Gasteiger partial charge in [-0.25, -0.2) is 9.97 Å². The first-order valence-corrected chi connectivity index (χ1v) is 8.47. The van der Waals surface area contributed by atoms with Crippen LogP contribution in [-0.4, -0.2) is 34.9 Å². The van der Waals surface area contributed by atoms with Gasteiger partial charge >= 0.3 is 5.69 Å². The van der Waals surface area contributed by atoms with E-state index in [1.807, 2.05) is 25.1 Å². The van der Waals surface area contributed by atoms with Crippen molar-refractivity contribution in [3.63, 3.8) is 0 Å². The summed E-state index contributed by atoms with van der Waals surface area (Å²) in [6.07, 6.45) is 0. The molecule has 0 amide bonds. The summed E-state index contributed by atoms with van der Waals surface area (Å²) < 4.78 is 9.99. The van der Waals surface area contributed by atoms with Gasteiger partial charge in [-0.05, 0) is 43.6 Å². The maximum absolute atomic E-state index is 11.1. The summed E-state index contributed by atoms with van der Waals surface area (Å²) in [5, 5.41) is 11.9. The second-order valence-electron chi connectivity index (χ2n) is 5.60. The number of nitro groups is 1. The summed E-state index contributed by atoms with van der Waals surface area (Å²) in [5.74, 6) is 0.466. The molecule has 1 heterocycles. The van der Waals surface area contributed by atoms with Gasteiger partial charge in [-0.15, -0.1) is 0 Å². The highest BCUT2D eigenvalue weighted by molar-refractivity contribution is 6.28. The van der Waals surface area contributed by atoms with Gasteiger partial charge in [-0.3, -0.25) is 14.9 Å². The van der Waals surface area contributed by atoms with E-state index in [-0.39, 0.29) is 28.1 Å². The number of nitrogens with zero attached hydrogens (tertiary/aromatic N) is 3. The number of nitro benzene ring substituents is 1. The smallest absolute Gasteiger partial charge is 0.321 e. The number of para-hydroxylation sites is 2. The van der Waals surface area contributed by atoms with Gasteiger partial charge in [0, 0.05) is 5.39 Å². The van der Waals surface area contributed by atoms with E-state index in [1.165, 1.54) is 26.2 Å². The number of ether oxygens (including phenoxy) is 2. The van der Waals surface area contributed by atoms with E-state index in [2.05, 4.69) is 9.97 Å². The first-order valence-electron chi connectivity index (χ1n) is 8.09. The lowest BCUT2D eigenvalue weighted by Gasteiger charge is -2.05. The lowest BCUT2D eigenvalue weighted by atomic mass is 10.1. The predicted molar refractivity (Wildman–Crippen MR) is 105 cm³/mol. The standard InChI is InChI=1S/C10H9ClN2O.C9H9NO4/c1-6-7-4-3-5-8(14-2)9(7)13-10(11)12-6;1-6(11)7-4-3-5-8(14-2)9(7)10(12)13/h2*3-5H,1-2H3. The zero-order chi connectivity index (χ0) is 20.8. The van der Waals surface area contributed by atoms with Gasteiger partial charge < -0.3 is 9.47 Å². The quantitative estimate of drug-likeness (QED) is 0.275. The summed E-state index contributed by atoms with van der Waals surface area (Å²) in [4.78, 5) is 29.4. The van der Waals surface area contributed by atoms with E-state index in [4.69, 9.17) is 21.1 Å². The molecule has 1 aromatic heterocycles. The summed E-state index contributed by atoms with van der Waals surface area (Å²) in [5.41, 5.74) is 1.41. The number of fused-ring (bicyclic) bond motifs is 1. The predicted octanol–water partition coefficient (Wildman–Crippen LogP) is 4.41. The minimum Gasteiger partial charge on any atom is -0.494 e. The average Bonchev–Trinajstić information content (AvgIpc) is 2.67. The Morgan fingerprint density at radius 2 is 1.68 bits per heavy atom. The maximum Gasteiger partial charge on any atom is 0.321 e. The third-order valence-electron chi connectivity index (χ3n) is 3.85. The number of halogens is 1. The molecule has 3 rings (SSSR count). The fourth-order valence-corrected chi connectivity index (χ4v) is 2.78. The van der Waals surface area contributed by atoms with Crippen LogP contribution in [0.15, 0.2) is 36.4 Å². The molecule has 0 N–H and O–H groups in total. The zero-order valence-corrected chi connectivity index (χ0v) is 16.5. The van der Waals surface area contributed by atoms with E-state index in [0.717, 1.165) is 22.3 Å². The Labute approximate surface area is 166 Å². The molecule has 0 aliphatic heterocycles. The highest BCUT2D eigenvalue weighted by Gasteiger charge is 2.22. The highest BCUT2D eigenvalue weighted by atomic mass is 35.5. The van der Waals surface area contributed by atoms with E-state index in [0.29, 0.717) is 0 Å². The minimum atomic E-state index is -0.616. The van der Waals surface area contributed by atoms with Gasteiger partial charge in [0.15, 0.2) is 11.5 Å². The Morgan fingerprint density at radius 1 is 1.07 bits per heavy atom. The first kappa shape index (κ1) is 21.0. The monoisotopic (exact) mass is 403 g/mol. The lowest BCUT2D eigenvalue weighted by molar-refractivity contribution is -0.386. The van der Waals surface area contributed by atoms with Crippen LogP contribution in [0.1, 0.15) is 23.0 Å². The van der Waals surface area contributed by atoms with E-state index < -0.39 is 4.92 Å². The van der Waals surface area contributed by atoms with E-state index >= 15 is 0 Å². The fourth-order valence-electron chi connectivity index (χ4n) is 2.57. The molecule has 0 aliphatic rings. The van der Waals surface area contributed by atoms with E-state index in [9.17, 15) is 14.9 Å². The SMILES string of the molecule is COc1cccc(C(C)=O)c1[N+](=O)[O-].COc1cccc2c(C)nc(Cl)nc12. The summed E-state index contributed by atoms with van der Waals surface area (Å²) in [7, 11) is 2.94. The molecule has 0 unspecified atom stereocenters. The van der Waals surface area contributed by atoms with Crippen molar-refractivity contribution in [1.29, 1.82) is 0 Å². The molecule has 0 fully saturated rings. The molecule has 146 valence electrons. The normalized spacial score (nSPS) is 10.0. The number of methoxy groups -OCH3 is 2. The van der Waals surface area contributed by atoms with Crippen LogP contribution in [0.2, 0.25) is 5.28 Å². The van der Waals surface area contributed by atoms with E-state index in [1.54, 1.807) is 13.2 Å². The number of aryl methyl sites for hydroxylation is 1. The number of hydrogen-bond donors (Lipinski definition) is 0. The Hall–Kier alpha value is -3.26. The minimum absolute atomic E-state index is 0.0642. The third kappa shape index (κ3) is 4.52. The van der Waals surface area contributed by atoms with Crippen molar-refractivity contribution in [2.45, 2.75) is 13.8 Å². The van der Waals surface area contributed by atoms with Crippen LogP contribution in [0.3, 0.4) is 0 Å². The number of carbonyl (C=O) groups excluding carboxylic acids is 1. The molecule has 28 heavy (non-hydrogen) atoms. The molecular formula is C19H18ClN3O5. The van der Waals surface area contributed by atoms with Crippen molar-refractivity contribution in [2.24, 2.45) is 0 Å². The van der Waals surface area contributed by atoms with Crippen molar-refractivity contribution in [1.82, 2.24) is 9.97 Å². The molecule has 0 radical (unpaired) electrons. The molecule has 0 spiro atoms. The number of ketones is 1. The molecule has 0 saturated carbocycles. The molecule has 0 saturated heterocycles. The average molecular weight is 404 g/mol. The Kier molecular flexibility index (Phi) is 6.84. The number of Topliss-reactive ketones (excluding diaryl/α,β-unsaturated/α-hetero) is 1. The molecule has 3 aromatic rings. The molecule has 2 aromatic carbocycles. The van der Waals surface area contributed by atoms with Crippen LogP contribution in [0.4, 0.5) is 5.69 Å². The maximum atomic E-state index is 11.1. The van der Waals surface area contributed by atoms with Gasteiger partial charge in [-0.2, -0.15) is 0 Å². The second kappa shape index (κ2) is 9.09. The first-order chi connectivity index (χ1) is 13.3. The van der Waals surface area contributed by atoms with Crippen molar-refractivity contribution >= 4 is 34.0 Å². The van der Waals surface area contributed by atoms with Crippen LogP contribution in [-0.2, 0) is 0 Å². The van der Waals surface area contributed by atoms with Gasteiger partial charge in [0.2, 0.25) is 5.28 Å². The van der Waals surface area contributed by atoms with Crippen molar-refractivity contribution in [2.75, 3.05) is 14.2 Å². The Balaban J connectivity index is 0.000000200. The topological polar surface area (TPSA) is 104 Å². The largest absolute Gasteiger partial charge is 0.494 e. The summed E-state index contributed by atoms with van der Waals surface area (Å²) in [6.45, 7) is 3.18. The second-order valence-corrected chi connectivity index (χ2v) is 5.94. The van der Waals surface area contributed by atoms with Gasteiger partial charge in [0.05, 0.1) is 30.4 Å². The van der Waals surface area contributed by atoms with Crippen molar-refractivity contribution in [3.05, 3.63) is 63.1 Å². The number of carbonyl (C=O) groups is 1. The summed E-state index contributed by atoms with van der Waals surface area (Å²) in [6, 6.07) is 10.1. The van der Waals surface area contributed by atoms with Crippen LogP contribution in [0.25, 0.3) is 10.9 Å². The molecular weight excluding hydrogens is 386 g/mol. The summed E-state index contributed by atoms with van der Waals surface area (Å²) >= 11 is 5.78. The fraction of sp³-hybridized carbons (Fsp3) is 0.211. The van der Waals surface area contributed by atoms with Crippen LogP contribution >= 0.6 is 11.6 Å². The lowest BCUT2D eigenvalue weighted by Crippen LogP contribution is -2.02. The number of hydrogen-bond acceptors (Lipinski definition) is 7. The zero-order valence-electron chi connectivity index (χ0n) is 15.7. The molecule has 0 bridgehead atoms. The highest BCUT2D eigenvalue weighted by Crippen LogP contribution is 2.30. The van der Waals surface area contributed by atoms with Crippen LogP contribution < -0.4 is 9.47 Å².